The lowest BCUT2D eigenvalue weighted by molar-refractivity contribution is 0.839. The zero-order chi connectivity index (χ0) is 15.8. The molecule has 2 heteroatoms. The molecule has 0 N–H and O–H groups in total. The SMILES string of the molecule is CCCCC(C=Nc1ccc(C)c(C)c1)=Nc1ccccc1. The summed E-state index contributed by atoms with van der Waals surface area (Å²) < 4.78 is 0. The zero-order valence-electron chi connectivity index (χ0n) is 13.7. The summed E-state index contributed by atoms with van der Waals surface area (Å²) in [5.41, 5.74) is 5.57. The molecule has 0 radical (unpaired) electrons. The van der Waals surface area contributed by atoms with Crippen LogP contribution in [0.1, 0.15) is 37.3 Å². The van der Waals surface area contributed by atoms with Crippen LogP contribution in [-0.4, -0.2) is 11.9 Å². The Morgan fingerprint density at radius 3 is 2.41 bits per heavy atom. The van der Waals surface area contributed by atoms with Crippen LogP contribution >= 0.6 is 0 Å². The van der Waals surface area contributed by atoms with Gasteiger partial charge < -0.3 is 0 Å². The Balaban J connectivity index is 2.20. The van der Waals surface area contributed by atoms with Crippen molar-refractivity contribution in [3.63, 3.8) is 0 Å². The fourth-order valence-corrected chi connectivity index (χ4v) is 2.13. The maximum atomic E-state index is 4.72. The van der Waals surface area contributed by atoms with E-state index in [1.54, 1.807) is 0 Å². The van der Waals surface area contributed by atoms with Crippen LogP contribution in [0.15, 0.2) is 58.5 Å². The van der Waals surface area contributed by atoms with Crippen molar-refractivity contribution in [3.8, 4) is 0 Å². The molecule has 114 valence electrons. The van der Waals surface area contributed by atoms with Crippen molar-refractivity contribution >= 4 is 23.3 Å². The van der Waals surface area contributed by atoms with E-state index in [-0.39, 0.29) is 0 Å². The molecule has 0 aromatic heterocycles. The fourth-order valence-electron chi connectivity index (χ4n) is 2.13. The molecule has 0 saturated heterocycles. The van der Waals surface area contributed by atoms with Crippen LogP contribution in [0.25, 0.3) is 0 Å². The summed E-state index contributed by atoms with van der Waals surface area (Å²) in [6.45, 7) is 6.43. The van der Waals surface area contributed by atoms with Crippen LogP contribution < -0.4 is 0 Å². The van der Waals surface area contributed by atoms with Crippen molar-refractivity contribution < 1.29 is 0 Å². The lowest BCUT2D eigenvalue weighted by Gasteiger charge is -2.03. The van der Waals surface area contributed by atoms with Crippen LogP contribution in [0.5, 0.6) is 0 Å². The average Bonchev–Trinajstić information content (AvgIpc) is 2.54. The quantitative estimate of drug-likeness (QED) is 0.586. The minimum atomic E-state index is 0.958. The van der Waals surface area contributed by atoms with Crippen LogP contribution in [0.2, 0.25) is 0 Å². The monoisotopic (exact) mass is 292 g/mol. The average molecular weight is 292 g/mol. The summed E-state index contributed by atoms with van der Waals surface area (Å²) in [6, 6.07) is 16.4. The predicted octanol–water partition coefficient (Wildman–Crippen LogP) is 5.97. The van der Waals surface area contributed by atoms with Crippen LogP contribution in [0.3, 0.4) is 0 Å². The summed E-state index contributed by atoms with van der Waals surface area (Å²) >= 11 is 0. The standard InChI is InChI=1S/C20H24N2/c1-4-5-9-20(22-18-10-7-6-8-11-18)15-21-19-13-12-16(2)17(3)14-19/h6-8,10-15H,4-5,9H2,1-3H3. The minimum Gasteiger partial charge on any atom is -0.255 e. The Morgan fingerprint density at radius 1 is 0.955 bits per heavy atom. The summed E-state index contributed by atoms with van der Waals surface area (Å²) in [7, 11) is 0. The van der Waals surface area contributed by atoms with Crippen LogP contribution in [0, 0.1) is 13.8 Å². The second-order valence-electron chi connectivity index (χ2n) is 5.57. The highest BCUT2D eigenvalue weighted by molar-refractivity contribution is 6.31. The second-order valence-corrected chi connectivity index (χ2v) is 5.57. The molecule has 2 aromatic carbocycles. The van der Waals surface area contributed by atoms with E-state index < -0.39 is 0 Å². The summed E-state index contributed by atoms with van der Waals surface area (Å²) in [5.74, 6) is 0. The van der Waals surface area contributed by atoms with Gasteiger partial charge in [0.15, 0.2) is 0 Å². The molecule has 0 aliphatic heterocycles. The third kappa shape index (κ3) is 4.96. The van der Waals surface area contributed by atoms with E-state index in [1.807, 2.05) is 36.5 Å². The van der Waals surface area contributed by atoms with Gasteiger partial charge in [-0.15, -0.1) is 0 Å². The van der Waals surface area contributed by atoms with E-state index in [0.717, 1.165) is 36.3 Å². The molecule has 0 saturated carbocycles. The number of hydrogen-bond acceptors (Lipinski definition) is 2. The smallest absolute Gasteiger partial charge is 0.0633 e. The van der Waals surface area contributed by atoms with E-state index >= 15 is 0 Å². The Morgan fingerprint density at radius 2 is 1.73 bits per heavy atom. The summed E-state index contributed by atoms with van der Waals surface area (Å²) in [6.07, 6.45) is 5.16. The van der Waals surface area contributed by atoms with Gasteiger partial charge in [0.25, 0.3) is 0 Å². The topological polar surface area (TPSA) is 24.7 Å². The molecule has 22 heavy (non-hydrogen) atoms. The molecule has 0 aliphatic rings. The van der Waals surface area contributed by atoms with Gasteiger partial charge in [-0.05, 0) is 62.1 Å². The molecule has 0 spiro atoms. The molecular formula is C20H24N2. The molecule has 0 heterocycles. The Labute approximate surface area is 133 Å². The van der Waals surface area contributed by atoms with Gasteiger partial charge in [0, 0.05) is 6.21 Å². The molecule has 0 aliphatic carbocycles. The number of unbranched alkanes of at least 4 members (excludes halogenated alkanes) is 1. The van der Waals surface area contributed by atoms with E-state index in [1.165, 1.54) is 11.1 Å². The number of para-hydroxylation sites is 1. The third-order valence-electron chi connectivity index (χ3n) is 3.67. The van der Waals surface area contributed by atoms with Crippen molar-refractivity contribution in [1.82, 2.24) is 0 Å². The molecule has 2 aromatic rings. The third-order valence-corrected chi connectivity index (χ3v) is 3.67. The predicted molar refractivity (Wildman–Crippen MR) is 97.1 cm³/mol. The minimum absolute atomic E-state index is 0.958. The maximum absolute atomic E-state index is 4.72. The van der Waals surface area contributed by atoms with Gasteiger partial charge in [-0.2, -0.15) is 0 Å². The lowest BCUT2D eigenvalue weighted by Crippen LogP contribution is -1.99. The van der Waals surface area contributed by atoms with E-state index in [2.05, 4.69) is 44.0 Å². The van der Waals surface area contributed by atoms with E-state index in [0.29, 0.717) is 0 Å². The number of aryl methyl sites for hydroxylation is 2. The van der Waals surface area contributed by atoms with Gasteiger partial charge in [-0.25, -0.2) is 0 Å². The maximum Gasteiger partial charge on any atom is 0.0633 e. The van der Waals surface area contributed by atoms with Gasteiger partial charge in [-0.1, -0.05) is 37.6 Å². The number of nitrogens with zero attached hydrogens (tertiary/aromatic N) is 2. The first-order valence-electron chi connectivity index (χ1n) is 7.93. The summed E-state index contributed by atoms with van der Waals surface area (Å²) in [5, 5.41) is 0. The van der Waals surface area contributed by atoms with Crippen molar-refractivity contribution in [2.75, 3.05) is 0 Å². The molecule has 0 amide bonds. The van der Waals surface area contributed by atoms with Crippen LogP contribution in [-0.2, 0) is 0 Å². The van der Waals surface area contributed by atoms with Gasteiger partial charge in [0.2, 0.25) is 0 Å². The number of benzene rings is 2. The molecule has 0 atom stereocenters. The number of hydrogen-bond donors (Lipinski definition) is 0. The second kappa shape index (κ2) is 8.28. The molecular weight excluding hydrogens is 268 g/mol. The van der Waals surface area contributed by atoms with E-state index in [4.69, 9.17) is 4.99 Å². The normalized spacial score (nSPS) is 12.0. The van der Waals surface area contributed by atoms with E-state index in [9.17, 15) is 0 Å². The largest absolute Gasteiger partial charge is 0.255 e. The first-order valence-corrected chi connectivity index (χ1v) is 7.93. The van der Waals surface area contributed by atoms with Crippen molar-refractivity contribution in [2.24, 2.45) is 9.98 Å². The fraction of sp³-hybridized carbons (Fsp3) is 0.300. The number of rotatable bonds is 6. The Hall–Kier alpha value is -2.22. The molecule has 2 rings (SSSR count). The molecule has 0 fully saturated rings. The van der Waals surface area contributed by atoms with Gasteiger partial charge >= 0.3 is 0 Å². The highest BCUT2D eigenvalue weighted by Gasteiger charge is 1.98. The highest BCUT2D eigenvalue weighted by atomic mass is 14.8. The number of aliphatic imine (C=N–C) groups is 2. The van der Waals surface area contributed by atoms with Crippen molar-refractivity contribution in [1.29, 1.82) is 0 Å². The van der Waals surface area contributed by atoms with Crippen LogP contribution in [0.4, 0.5) is 11.4 Å². The molecule has 0 unspecified atom stereocenters. The van der Waals surface area contributed by atoms with Gasteiger partial charge in [0.05, 0.1) is 17.1 Å². The highest BCUT2D eigenvalue weighted by Crippen LogP contribution is 2.17. The van der Waals surface area contributed by atoms with Gasteiger partial charge in [0.1, 0.15) is 0 Å². The zero-order valence-corrected chi connectivity index (χ0v) is 13.7. The Bertz CT molecular complexity index is 655. The van der Waals surface area contributed by atoms with Gasteiger partial charge in [-0.3, -0.25) is 9.98 Å². The molecule has 0 bridgehead atoms. The van der Waals surface area contributed by atoms with Crippen molar-refractivity contribution in [2.45, 2.75) is 40.0 Å². The lowest BCUT2D eigenvalue weighted by atomic mass is 10.1. The first-order chi connectivity index (χ1) is 10.7. The Kier molecular flexibility index (Phi) is 6.08. The van der Waals surface area contributed by atoms with Crippen molar-refractivity contribution in [3.05, 3.63) is 59.7 Å². The first kappa shape index (κ1) is 16.2. The summed E-state index contributed by atoms with van der Waals surface area (Å²) in [4.78, 5) is 9.32. The molecule has 2 nitrogen and oxygen atoms in total.